The Hall–Kier alpha value is -1.16. The van der Waals surface area contributed by atoms with Crippen molar-refractivity contribution in [3.63, 3.8) is 0 Å². The molecule has 2 nitrogen and oxygen atoms in total. The molecule has 2 N–H and O–H groups in total. The monoisotopic (exact) mass is 187 g/mol. The molecule has 0 saturated heterocycles. The van der Waals surface area contributed by atoms with Crippen molar-refractivity contribution in [2.24, 2.45) is 0 Å². The first-order valence-corrected chi connectivity index (χ1v) is 3.97. The van der Waals surface area contributed by atoms with Crippen molar-refractivity contribution in [3.8, 4) is 5.75 Å². The van der Waals surface area contributed by atoms with E-state index in [0.717, 1.165) is 6.07 Å². The van der Waals surface area contributed by atoms with E-state index < -0.39 is 17.4 Å². The summed E-state index contributed by atoms with van der Waals surface area (Å²) in [4.78, 5) is 0. The minimum Gasteiger partial charge on any atom is -0.505 e. The number of phenolic OH excluding ortho intramolecular Hbond substituents is 1. The lowest BCUT2D eigenvalue weighted by molar-refractivity contribution is 0.401. The molecule has 1 rings (SSSR count). The third kappa shape index (κ3) is 2.15. The Bertz CT molecular complexity index is 302. The Labute approximate surface area is 75.2 Å². The number of halogens is 2. The second kappa shape index (κ2) is 4.18. The van der Waals surface area contributed by atoms with Crippen LogP contribution in [0.25, 0.3) is 0 Å². The maximum Gasteiger partial charge on any atom is 0.200 e. The molecule has 72 valence electrons. The van der Waals surface area contributed by atoms with Gasteiger partial charge in [-0.3, -0.25) is 0 Å². The lowest BCUT2D eigenvalue weighted by Gasteiger charge is -2.04. The Kier molecular flexibility index (Phi) is 3.19. The topological polar surface area (TPSA) is 32.3 Å². The van der Waals surface area contributed by atoms with Crippen LogP contribution in [0.5, 0.6) is 5.75 Å². The molecular formula is C9H11F2NO. The van der Waals surface area contributed by atoms with Gasteiger partial charge in [0.1, 0.15) is 0 Å². The minimum atomic E-state index is -1.17. The Morgan fingerprint density at radius 3 is 2.69 bits per heavy atom. The largest absolute Gasteiger partial charge is 0.505 e. The van der Waals surface area contributed by atoms with Gasteiger partial charge in [-0.1, -0.05) is 6.07 Å². The summed E-state index contributed by atoms with van der Waals surface area (Å²) < 4.78 is 25.3. The quantitative estimate of drug-likeness (QED) is 0.750. The number of aromatic hydroxyl groups is 1. The third-order valence-electron chi connectivity index (χ3n) is 1.80. The van der Waals surface area contributed by atoms with Crippen molar-refractivity contribution < 1.29 is 13.9 Å². The van der Waals surface area contributed by atoms with Gasteiger partial charge < -0.3 is 10.4 Å². The Morgan fingerprint density at radius 2 is 2.08 bits per heavy atom. The summed E-state index contributed by atoms with van der Waals surface area (Å²) >= 11 is 0. The highest BCUT2D eigenvalue weighted by Crippen LogP contribution is 2.23. The van der Waals surface area contributed by atoms with Gasteiger partial charge in [-0.05, 0) is 31.6 Å². The molecule has 0 atom stereocenters. The number of rotatable bonds is 3. The summed E-state index contributed by atoms with van der Waals surface area (Å²) in [6, 6.07) is 2.39. The number of nitrogens with one attached hydrogen (secondary N) is 1. The molecule has 1 aromatic carbocycles. The number of likely N-dealkylation sites (N-methyl/N-ethyl adjacent to an activating group) is 1. The highest BCUT2D eigenvalue weighted by atomic mass is 19.2. The molecule has 0 radical (unpaired) electrons. The molecule has 0 bridgehead atoms. The summed E-state index contributed by atoms with van der Waals surface area (Å²) in [5.74, 6) is -2.78. The van der Waals surface area contributed by atoms with Crippen LogP contribution in [0.1, 0.15) is 5.56 Å². The van der Waals surface area contributed by atoms with E-state index in [0.29, 0.717) is 18.5 Å². The van der Waals surface area contributed by atoms with E-state index in [4.69, 9.17) is 5.11 Å². The van der Waals surface area contributed by atoms with Gasteiger partial charge in [-0.25, -0.2) is 4.39 Å². The zero-order valence-electron chi connectivity index (χ0n) is 7.27. The van der Waals surface area contributed by atoms with Gasteiger partial charge >= 0.3 is 0 Å². The van der Waals surface area contributed by atoms with Crippen LogP contribution in [0.3, 0.4) is 0 Å². The van der Waals surface area contributed by atoms with E-state index in [-0.39, 0.29) is 0 Å². The van der Waals surface area contributed by atoms with Crippen LogP contribution in [0.4, 0.5) is 8.78 Å². The molecule has 13 heavy (non-hydrogen) atoms. The molecular weight excluding hydrogens is 176 g/mol. The molecule has 0 amide bonds. The maximum atomic E-state index is 12.8. The van der Waals surface area contributed by atoms with E-state index in [2.05, 4.69) is 5.32 Å². The summed E-state index contributed by atoms with van der Waals surface area (Å²) in [6.45, 7) is 0.610. The van der Waals surface area contributed by atoms with Crippen LogP contribution >= 0.6 is 0 Å². The van der Waals surface area contributed by atoms with Crippen molar-refractivity contribution in [2.45, 2.75) is 6.42 Å². The summed E-state index contributed by atoms with van der Waals surface area (Å²) in [6.07, 6.45) is 0.472. The van der Waals surface area contributed by atoms with Crippen molar-refractivity contribution in [2.75, 3.05) is 13.6 Å². The minimum absolute atomic E-state index is 0.410. The van der Waals surface area contributed by atoms with Crippen molar-refractivity contribution in [1.82, 2.24) is 5.32 Å². The van der Waals surface area contributed by atoms with Gasteiger partial charge in [0.2, 0.25) is 5.82 Å². The van der Waals surface area contributed by atoms with E-state index in [1.165, 1.54) is 6.07 Å². The summed E-state index contributed by atoms with van der Waals surface area (Å²) in [5.41, 5.74) is 0.410. The van der Waals surface area contributed by atoms with Gasteiger partial charge in [0, 0.05) is 0 Å². The Morgan fingerprint density at radius 1 is 1.38 bits per heavy atom. The fraction of sp³-hybridized carbons (Fsp3) is 0.333. The van der Waals surface area contributed by atoms with Crippen LogP contribution in [0.15, 0.2) is 12.1 Å². The maximum absolute atomic E-state index is 12.8. The zero-order valence-corrected chi connectivity index (χ0v) is 7.27. The molecule has 0 unspecified atom stereocenters. The van der Waals surface area contributed by atoms with E-state index in [9.17, 15) is 8.78 Å². The number of hydrogen-bond acceptors (Lipinski definition) is 2. The van der Waals surface area contributed by atoms with Gasteiger partial charge in [0.25, 0.3) is 0 Å². The van der Waals surface area contributed by atoms with Crippen LogP contribution in [0.2, 0.25) is 0 Å². The number of benzene rings is 1. The standard InChI is InChI=1S/C9H11F2NO/c1-12-5-4-6-2-3-7(10)8(11)9(6)13/h2-3,12-13H,4-5H2,1H3. The molecule has 0 aliphatic heterocycles. The van der Waals surface area contributed by atoms with Gasteiger partial charge in [-0.15, -0.1) is 0 Å². The highest BCUT2D eigenvalue weighted by Gasteiger charge is 2.11. The van der Waals surface area contributed by atoms with Gasteiger partial charge in [0.05, 0.1) is 0 Å². The van der Waals surface area contributed by atoms with Crippen LogP contribution in [0, 0.1) is 11.6 Å². The second-order valence-corrected chi connectivity index (χ2v) is 2.72. The molecule has 0 aliphatic carbocycles. The summed E-state index contributed by atoms with van der Waals surface area (Å²) in [7, 11) is 1.75. The lowest BCUT2D eigenvalue weighted by Crippen LogP contribution is -2.10. The normalized spacial score (nSPS) is 10.4. The van der Waals surface area contributed by atoms with Crippen LogP contribution in [-0.2, 0) is 6.42 Å². The number of phenols is 1. The fourth-order valence-electron chi connectivity index (χ4n) is 1.04. The fourth-order valence-corrected chi connectivity index (χ4v) is 1.04. The first-order chi connectivity index (χ1) is 6.16. The lowest BCUT2D eigenvalue weighted by atomic mass is 10.1. The highest BCUT2D eigenvalue weighted by molar-refractivity contribution is 5.34. The molecule has 1 aromatic rings. The Balaban J connectivity index is 2.90. The van der Waals surface area contributed by atoms with Crippen LogP contribution < -0.4 is 5.32 Å². The van der Waals surface area contributed by atoms with E-state index in [1.54, 1.807) is 7.05 Å². The van der Waals surface area contributed by atoms with Gasteiger partial charge in [-0.2, -0.15) is 4.39 Å². The first kappa shape index (κ1) is 9.92. The van der Waals surface area contributed by atoms with Crippen LogP contribution in [-0.4, -0.2) is 18.7 Å². The third-order valence-corrected chi connectivity index (χ3v) is 1.80. The molecule has 0 saturated carbocycles. The molecule has 0 fully saturated rings. The second-order valence-electron chi connectivity index (χ2n) is 2.72. The predicted octanol–water partition coefficient (Wildman–Crippen LogP) is 1.43. The zero-order chi connectivity index (χ0) is 9.84. The molecule has 0 aromatic heterocycles. The molecule has 4 heteroatoms. The molecule has 0 spiro atoms. The van der Waals surface area contributed by atoms with Crippen molar-refractivity contribution in [1.29, 1.82) is 0 Å². The molecule has 0 heterocycles. The van der Waals surface area contributed by atoms with Gasteiger partial charge in [0.15, 0.2) is 11.6 Å². The first-order valence-electron chi connectivity index (χ1n) is 3.97. The van der Waals surface area contributed by atoms with Crippen molar-refractivity contribution >= 4 is 0 Å². The summed E-state index contributed by atoms with van der Waals surface area (Å²) in [5, 5.41) is 12.0. The SMILES string of the molecule is CNCCc1ccc(F)c(F)c1O. The average molecular weight is 187 g/mol. The molecule has 0 aliphatic rings. The average Bonchev–Trinajstić information content (AvgIpc) is 2.13. The van der Waals surface area contributed by atoms with E-state index in [1.807, 2.05) is 0 Å². The van der Waals surface area contributed by atoms with E-state index >= 15 is 0 Å². The number of hydrogen-bond donors (Lipinski definition) is 2. The predicted molar refractivity (Wildman–Crippen MR) is 45.7 cm³/mol. The van der Waals surface area contributed by atoms with Crippen molar-refractivity contribution in [3.05, 3.63) is 29.3 Å². The smallest absolute Gasteiger partial charge is 0.200 e.